The number of ether oxygens (including phenoxy) is 1. The molecule has 1 aliphatic rings. The van der Waals surface area contributed by atoms with Crippen LogP contribution in [0.4, 0.5) is 4.39 Å². The Bertz CT molecular complexity index is 990. The van der Waals surface area contributed by atoms with Crippen LogP contribution in [0.1, 0.15) is 43.8 Å². The number of pyridine rings is 1. The van der Waals surface area contributed by atoms with E-state index in [0.717, 1.165) is 6.07 Å². The van der Waals surface area contributed by atoms with Crippen LogP contribution in [-0.4, -0.2) is 65.4 Å². The van der Waals surface area contributed by atoms with Crippen molar-refractivity contribution in [2.45, 2.75) is 13.8 Å². The lowest BCUT2D eigenvalue weighted by Crippen LogP contribution is -2.50. The van der Waals surface area contributed by atoms with E-state index >= 15 is 0 Å². The Hall–Kier alpha value is -3.00. The van der Waals surface area contributed by atoms with E-state index < -0.39 is 17.7 Å². The molecule has 1 saturated heterocycles. The van der Waals surface area contributed by atoms with Crippen molar-refractivity contribution in [3.8, 4) is 0 Å². The predicted octanol–water partition coefficient (Wildman–Crippen LogP) is 2.96. The zero-order valence-corrected chi connectivity index (χ0v) is 17.4. The summed E-state index contributed by atoms with van der Waals surface area (Å²) in [6.07, 6.45) is 0. The number of benzene rings is 1. The molecule has 158 valence electrons. The number of carbonyl (C=O) groups is 3. The zero-order valence-electron chi connectivity index (χ0n) is 16.7. The molecule has 0 spiro atoms. The fraction of sp³-hybridized carbons (Fsp3) is 0.333. The lowest BCUT2D eigenvalue weighted by molar-refractivity contribution is 0.0521. The fourth-order valence-electron chi connectivity index (χ4n) is 3.21. The number of carbonyl (C=O) groups excluding carboxylic acids is 3. The number of rotatable bonds is 4. The largest absolute Gasteiger partial charge is 0.462 e. The third kappa shape index (κ3) is 4.59. The minimum atomic E-state index is -0.635. The molecule has 2 aromatic rings. The first kappa shape index (κ1) is 21.7. The molecule has 0 N–H and O–H groups in total. The van der Waals surface area contributed by atoms with Crippen LogP contribution in [0.25, 0.3) is 0 Å². The molecule has 0 radical (unpaired) electrons. The fourth-order valence-corrected chi connectivity index (χ4v) is 3.38. The number of aryl methyl sites for hydroxylation is 1. The first-order chi connectivity index (χ1) is 14.3. The lowest BCUT2D eigenvalue weighted by Gasteiger charge is -2.34. The van der Waals surface area contributed by atoms with Gasteiger partial charge in [0.25, 0.3) is 11.8 Å². The number of piperazine rings is 1. The van der Waals surface area contributed by atoms with Crippen LogP contribution in [0.5, 0.6) is 0 Å². The van der Waals surface area contributed by atoms with E-state index in [9.17, 15) is 18.8 Å². The number of amides is 2. The number of halogens is 2. The zero-order chi connectivity index (χ0) is 21.8. The quantitative estimate of drug-likeness (QED) is 0.692. The topological polar surface area (TPSA) is 79.8 Å². The molecule has 2 amide bonds. The van der Waals surface area contributed by atoms with E-state index in [1.54, 1.807) is 18.7 Å². The Kier molecular flexibility index (Phi) is 6.66. The summed E-state index contributed by atoms with van der Waals surface area (Å²) in [4.78, 5) is 44.5. The van der Waals surface area contributed by atoms with Crippen LogP contribution in [-0.2, 0) is 4.74 Å². The molecule has 0 bridgehead atoms. The van der Waals surface area contributed by atoms with Crippen molar-refractivity contribution < 1.29 is 23.5 Å². The highest BCUT2D eigenvalue weighted by Gasteiger charge is 2.28. The van der Waals surface area contributed by atoms with E-state index in [4.69, 9.17) is 16.3 Å². The maximum atomic E-state index is 14.0. The summed E-state index contributed by atoms with van der Waals surface area (Å²) in [5, 5.41) is 0.279. The van der Waals surface area contributed by atoms with Gasteiger partial charge in [0.1, 0.15) is 11.5 Å². The first-order valence-electron chi connectivity index (χ1n) is 9.50. The van der Waals surface area contributed by atoms with Gasteiger partial charge in [-0.3, -0.25) is 9.59 Å². The monoisotopic (exact) mass is 433 g/mol. The average Bonchev–Trinajstić information content (AvgIpc) is 2.74. The van der Waals surface area contributed by atoms with Crippen molar-refractivity contribution >= 4 is 29.4 Å². The Morgan fingerprint density at radius 2 is 1.67 bits per heavy atom. The van der Waals surface area contributed by atoms with Crippen molar-refractivity contribution in [2.24, 2.45) is 0 Å². The van der Waals surface area contributed by atoms with Gasteiger partial charge in [-0.1, -0.05) is 11.6 Å². The third-order valence-corrected chi connectivity index (χ3v) is 5.05. The number of nitrogens with zero attached hydrogens (tertiary/aromatic N) is 3. The van der Waals surface area contributed by atoms with E-state index in [0.29, 0.717) is 11.3 Å². The standard InChI is InChI=1S/C21H21ClFN3O4/c1-3-30-21(29)15-5-7-18(24-13(15)2)20(28)26-10-8-25(9-11-26)19(27)16-12-14(22)4-6-17(16)23/h4-7,12H,3,8-11H2,1-2H3. The number of aromatic nitrogens is 1. The van der Waals surface area contributed by atoms with Crippen LogP contribution in [0.3, 0.4) is 0 Å². The third-order valence-electron chi connectivity index (χ3n) is 4.81. The van der Waals surface area contributed by atoms with E-state index in [2.05, 4.69) is 4.98 Å². The van der Waals surface area contributed by atoms with Crippen LogP contribution in [0, 0.1) is 12.7 Å². The molecule has 0 saturated carbocycles. The summed E-state index contributed by atoms with van der Waals surface area (Å²) in [5.41, 5.74) is 0.840. The van der Waals surface area contributed by atoms with Crippen molar-refractivity contribution in [3.63, 3.8) is 0 Å². The number of esters is 1. The van der Waals surface area contributed by atoms with Gasteiger partial charge in [-0.2, -0.15) is 0 Å². The summed E-state index contributed by atoms with van der Waals surface area (Å²) < 4.78 is 18.9. The SMILES string of the molecule is CCOC(=O)c1ccc(C(=O)N2CCN(C(=O)c3cc(Cl)ccc3F)CC2)nc1C. The average molecular weight is 434 g/mol. The molecule has 2 heterocycles. The van der Waals surface area contributed by atoms with E-state index in [1.165, 1.54) is 29.2 Å². The molecule has 0 unspecified atom stereocenters. The molecule has 0 atom stereocenters. The van der Waals surface area contributed by atoms with Gasteiger partial charge in [0, 0.05) is 31.2 Å². The first-order valence-corrected chi connectivity index (χ1v) is 9.88. The predicted molar refractivity (Wildman–Crippen MR) is 108 cm³/mol. The highest BCUT2D eigenvalue weighted by atomic mass is 35.5. The molecule has 1 fully saturated rings. The summed E-state index contributed by atoms with van der Waals surface area (Å²) in [6.45, 7) is 4.69. The van der Waals surface area contributed by atoms with Gasteiger partial charge in [0.2, 0.25) is 0 Å². The van der Waals surface area contributed by atoms with Crippen LogP contribution in [0.2, 0.25) is 5.02 Å². The minimum absolute atomic E-state index is 0.0888. The van der Waals surface area contributed by atoms with Gasteiger partial charge in [-0.25, -0.2) is 14.2 Å². The Morgan fingerprint density at radius 3 is 2.27 bits per heavy atom. The smallest absolute Gasteiger partial charge is 0.339 e. The minimum Gasteiger partial charge on any atom is -0.462 e. The molecule has 1 aromatic carbocycles. The molecule has 7 nitrogen and oxygen atoms in total. The molecule has 1 aromatic heterocycles. The van der Waals surface area contributed by atoms with Gasteiger partial charge < -0.3 is 14.5 Å². The normalized spacial score (nSPS) is 13.9. The second-order valence-electron chi connectivity index (χ2n) is 6.76. The number of hydrogen-bond acceptors (Lipinski definition) is 5. The van der Waals surface area contributed by atoms with Crippen molar-refractivity contribution in [1.29, 1.82) is 0 Å². The van der Waals surface area contributed by atoms with Gasteiger partial charge in [0.05, 0.1) is 23.4 Å². The summed E-state index contributed by atoms with van der Waals surface area (Å²) in [7, 11) is 0. The Balaban J connectivity index is 1.65. The highest BCUT2D eigenvalue weighted by Crippen LogP contribution is 2.18. The molecular weight excluding hydrogens is 413 g/mol. The van der Waals surface area contributed by atoms with Crippen LogP contribution >= 0.6 is 11.6 Å². The van der Waals surface area contributed by atoms with E-state index in [1.807, 2.05) is 0 Å². The highest BCUT2D eigenvalue weighted by molar-refractivity contribution is 6.31. The maximum absolute atomic E-state index is 14.0. The molecule has 9 heteroatoms. The number of hydrogen-bond donors (Lipinski definition) is 0. The summed E-state index contributed by atoms with van der Waals surface area (Å²) in [6, 6.07) is 6.85. The second-order valence-corrected chi connectivity index (χ2v) is 7.19. The van der Waals surface area contributed by atoms with Crippen LogP contribution < -0.4 is 0 Å². The molecule has 1 aliphatic heterocycles. The summed E-state index contributed by atoms with van der Waals surface area (Å²) >= 11 is 5.87. The van der Waals surface area contributed by atoms with Crippen molar-refractivity contribution in [3.05, 3.63) is 63.7 Å². The van der Waals surface area contributed by atoms with Gasteiger partial charge in [-0.05, 0) is 44.2 Å². The molecule has 30 heavy (non-hydrogen) atoms. The van der Waals surface area contributed by atoms with Crippen molar-refractivity contribution in [2.75, 3.05) is 32.8 Å². The van der Waals surface area contributed by atoms with Crippen molar-refractivity contribution in [1.82, 2.24) is 14.8 Å². The summed E-state index contributed by atoms with van der Waals surface area (Å²) in [5.74, 6) is -1.88. The Morgan fingerprint density at radius 1 is 1.03 bits per heavy atom. The molecule has 0 aliphatic carbocycles. The lowest BCUT2D eigenvalue weighted by atomic mass is 10.1. The Labute approximate surface area is 178 Å². The van der Waals surface area contributed by atoms with Gasteiger partial charge in [-0.15, -0.1) is 0 Å². The maximum Gasteiger partial charge on any atom is 0.339 e. The van der Waals surface area contributed by atoms with Gasteiger partial charge in [0.15, 0.2) is 0 Å². The second kappa shape index (κ2) is 9.21. The van der Waals surface area contributed by atoms with E-state index in [-0.39, 0.29) is 55.0 Å². The van der Waals surface area contributed by atoms with Crippen LogP contribution in [0.15, 0.2) is 30.3 Å². The molecular formula is C21H21ClFN3O4. The molecule has 3 rings (SSSR count). The van der Waals surface area contributed by atoms with Gasteiger partial charge >= 0.3 is 5.97 Å².